The minimum atomic E-state index is 0.593. The third-order valence-electron chi connectivity index (χ3n) is 3.12. The van der Waals surface area contributed by atoms with Crippen molar-refractivity contribution in [3.63, 3.8) is 0 Å². The number of rotatable bonds is 1. The molecule has 0 bridgehead atoms. The molecule has 0 fully saturated rings. The second kappa shape index (κ2) is 3.93. The Kier molecular flexibility index (Phi) is 2.63. The molecule has 1 nitrogen and oxygen atoms in total. The van der Waals surface area contributed by atoms with Gasteiger partial charge >= 0.3 is 0 Å². The number of benzene rings is 1. The van der Waals surface area contributed by atoms with E-state index in [1.54, 1.807) is 0 Å². The van der Waals surface area contributed by atoms with Crippen molar-refractivity contribution in [2.24, 2.45) is 5.92 Å². The van der Waals surface area contributed by atoms with Crippen molar-refractivity contribution in [3.05, 3.63) is 47.6 Å². The van der Waals surface area contributed by atoms with E-state index in [2.05, 4.69) is 38.1 Å². The van der Waals surface area contributed by atoms with Crippen LogP contribution in [0.5, 0.6) is 0 Å². The minimum absolute atomic E-state index is 0.593. The van der Waals surface area contributed by atoms with E-state index < -0.39 is 0 Å². The Morgan fingerprint density at radius 3 is 2.87 bits per heavy atom. The highest BCUT2D eigenvalue weighted by Gasteiger charge is 2.14. The standard InChI is InChI=1S/C14H17N/c1-10-6-3-4-7-12(10)13-8-5-9-14(15)11(13)2/h3-5,7-10H,6,15H2,1-2H3. The maximum atomic E-state index is 5.93. The van der Waals surface area contributed by atoms with Gasteiger partial charge in [0.2, 0.25) is 0 Å². The molecule has 0 radical (unpaired) electrons. The number of nitrogen functional groups attached to an aromatic ring is 1. The van der Waals surface area contributed by atoms with Crippen molar-refractivity contribution in [2.45, 2.75) is 20.3 Å². The monoisotopic (exact) mass is 199 g/mol. The third kappa shape index (κ3) is 1.82. The van der Waals surface area contributed by atoms with Gasteiger partial charge in [0.25, 0.3) is 0 Å². The molecule has 0 aliphatic heterocycles. The lowest BCUT2D eigenvalue weighted by molar-refractivity contribution is 0.758. The van der Waals surface area contributed by atoms with Crippen LogP contribution in [0.3, 0.4) is 0 Å². The van der Waals surface area contributed by atoms with Crippen molar-refractivity contribution in [2.75, 3.05) is 5.73 Å². The van der Waals surface area contributed by atoms with E-state index in [4.69, 9.17) is 5.73 Å². The van der Waals surface area contributed by atoms with E-state index in [0.29, 0.717) is 5.92 Å². The van der Waals surface area contributed by atoms with Gasteiger partial charge in [-0.2, -0.15) is 0 Å². The summed E-state index contributed by atoms with van der Waals surface area (Å²) < 4.78 is 0. The number of allylic oxidation sites excluding steroid dienone is 4. The van der Waals surface area contributed by atoms with Crippen LogP contribution in [0.2, 0.25) is 0 Å². The van der Waals surface area contributed by atoms with Gasteiger partial charge in [-0.25, -0.2) is 0 Å². The zero-order chi connectivity index (χ0) is 10.8. The van der Waals surface area contributed by atoms with Crippen molar-refractivity contribution < 1.29 is 0 Å². The fraction of sp³-hybridized carbons (Fsp3) is 0.286. The van der Waals surface area contributed by atoms with Crippen molar-refractivity contribution in [1.29, 1.82) is 0 Å². The van der Waals surface area contributed by atoms with Crippen LogP contribution in [0.1, 0.15) is 24.5 Å². The summed E-state index contributed by atoms with van der Waals surface area (Å²) >= 11 is 0. The number of hydrogen-bond donors (Lipinski definition) is 1. The van der Waals surface area contributed by atoms with Crippen molar-refractivity contribution in [1.82, 2.24) is 0 Å². The molecule has 1 aliphatic carbocycles. The van der Waals surface area contributed by atoms with Crippen LogP contribution in [0, 0.1) is 12.8 Å². The van der Waals surface area contributed by atoms with Crippen LogP contribution in [-0.2, 0) is 0 Å². The molecule has 1 aliphatic rings. The van der Waals surface area contributed by atoms with E-state index in [9.17, 15) is 0 Å². The topological polar surface area (TPSA) is 26.0 Å². The number of nitrogens with two attached hydrogens (primary N) is 1. The molecule has 1 atom stereocenters. The SMILES string of the molecule is Cc1c(N)cccc1C1=CC=CCC1C. The lowest BCUT2D eigenvalue weighted by atomic mass is 9.86. The van der Waals surface area contributed by atoms with Crippen LogP contribution in [0.4, 0.5) is 5.69 Å². The summed E-state index contributed by atoms with van der Waals surface area (Å²) in [6.07, 6.45) is 7.68. The molecule has 0 saturated heterocycles. The van der Waals surface area contributed by atoms with E-state index in [-0.39, 0.29) is 0 Å². The van der Waals surface area contributed by atoms with E-state index >= 15 is 0 Å². The maximum Gasteiger partial charge on any atom is 0.0349 e. The molecule has 0 heterocycles. The molecular formula is C14H17N. The van der Waals surface area contributed by atoms with Gasteiger partial charge in [-0.15, -0.1) is 0 Å². The highest BCUT2D eigenvalue weighted by Crippen LogP contribution is 2.32. The Morgan fingerprint density at radius 1 is 1.33 bits per heavy atom. The van der Waals surface area contributed by atoms with Gasteiger partial charge in [-0.3, -0.25) is 0 Å². The first-order valence-corrected chi connectivity index (χ1v) is 5.42. The zero-order valence-electron chi connectivity index (χ0n) is 9.33. The fourth-order valence-electron chi connectivity index (χ4n) is 2.07. The average Bonchev–Trinajstić information content (AvgIpc) is 2.23. The summed E-state index contributed by atoms with van der Waals surface area (Å²) in [6, 6.07) is 6.15. The molecule has 2 rings (SSSR count). The predicted octanol–water partition coefficient (Wildman–Crippen LogP) is 3.56. The van der Waals surface area contributed by atoms with Gasteiger partial charge < -0.3 is 5.73 Å². The first kappa shape index (κ1) is 10.0. The quantitative estimate of drug-likeness (QED) is 0.688. The molecule has 1 unspecified atom stereocenters. The Labute approximate surface area is 91.3 Å². The van der Waals surface area contributed by atoms with Crippen LogP contribution in [-0.4, -0.2) is 0 Å². The Bertz CT molecular complexity index is 427. The van der Waals surface area contributed by atoms with Crippen LogP contribution in [0.15, 0.2) is 36.4 Å². The first-order chi connectivity index (χ1) is 7.20. The fourth-order valence-corrected chi connectivity index (χ4v) is 2.07. The predicted molar refractivity (Wildman–Crippen MR) is 66.5 cm³/mol. The van der Waals surface area contributed by atoms with Crippen molar-refractivity contribution in [3.8, 4) is 0 Å². The van der Waals surface area contributed by atoms with Gasteiger partial charge in [-0.05, 0) is 42.0 Å². The van der Waals surface area contributed by atoms with E-state index in [0.717, 1.165) is 12.1 Å². The zero-order valence-corrected chi connectivity index (χ0v) is 9.33. The second-order valence-electron chi connectivity index (χ2n) is 4.21. The van der Waals surface area contributed by atoms with E-state index in [1.165, 1.54) is 16.7 Å². The Morgan fingerprint density at radius 2 is 2.13 bits per heavy atom. The third-order valence-corrected chi connectivity index (χ3v) is 3.12. The van der Waals surface area contributed by atoms with Crippen LogP contribution in [0.25, 0.3) is 5.57 Å². The largest absolute Gasteiger partial charge is 0.398 e. The summed E-state index contributed by atoms with van der Waals surface area (Å²) in [5.41, 5.74) is 10.7. The second-order valence-corrected chi connectivity index (χ2v) is 4.21. The number of hydrogen-bond acceptors (Lipinski definition) is 1. The smallest absolute Gasteiger partial charge is 0.0349 e. The maximum absolute atomic E-state index is 5.93. The molecule has 0 saturated carbocycles. The van der Waals surface area contributed by atoms with Crippen LogP contribution < -0.4 is 5.73 Å². The Balaban J connectivity index is 2.49. The van der Waals surface area contributed by atoms with Gasteiger partial charge in [0.1, 0.15) is 0 Å². The lowest BCUT2D eigenvalue weighted by Gasteiger charge is -2.19. The Hall–Kier alpha value is -1.50. The molecule has 0 aromatic heterocycles. The molecule has 1 aromatic rings. The summed E-state index contributed by atoms with van der Waals surface area (Å²) in [7, 11) is 0. The molecule has 2 N–H and O–H groups in total. The van der Waals surface area contributed by atoms with Gasteiger partial charge in [0.15, 0.2) is 0 Å². The number of anilines is 1. The molecule has 78 valence electrons. The van der Waals surface area contributed by atoms with Gasteiger partial charge in [0, 0.05) is 5.69 Å². The highest BCUT2D eigenvalue weighted by atomic mass is 14.6. The molecule has 0 spiro atoms. The molecule has 0 amide bonds. The summed E-state index contributed by atoms with van der Waals surface area (Å²) in [5.74, 6) is 0.593. The molecule has 15 heavy (non-hydrogen) atoms. The van der Waals surface area contributed by atoms with Gasteiger partial charge in [-0.1, -0.05) is 37.3 Å². The van der Waals surface area contributed by atoms with Crippen LogP contribution >= 0.6 is 0 Å². The first-order valence-electron chi connectivity index (χ1n) is 5.42. The average molecular weight is 199 g/mol. The molecule has 1 heteroatoms. The minimum Gasteiger partial charge on any atom is -0.398 e. The molecular weight excluding hydrogens is 182 g/mol. The highest BCUT2D eigenvalue weighted by molar-refractivity contribution is 5.75. The summed E-state index contributed by atoms with van der Waals surface area (Å²) in [6.45, 7) is 4.36. The normalized spacial score (nSPS) is 20.1. The lowest BCUT2D eigenvalue weighted by Crippen LogP contribution is -2.03. The molecule has 1 aromatic carbocycles. The van der Waals surface area contributed by atoms with Gasteiger partial charge in [0.05, 0.1) is 0 Å². The van der Waals surface area contributed by atoms with Crippen molar-refractivity contribution >= 4 is 11.3 Å². The summed E-state index contributed by atoms with van der Waals surface area (Å²) in [4.78, 5) is 0. The summed E-state index contributed by atoms with van der Waals surface area (Å²) in [5, 5.41) is 0. The van der Waals surface area contributed by atoms with E-state index in [1.807, 2.05) is 12.1 Å².